The summed E-state index contributed by atoms with van der Waals surface area (Å²) in [5, 5.41) is 4.72. The second kappa shape index (κ2) is 5.99. The van der Waals surface area contributed by atoms with Crippen molar-refractivity contribution in [2.45, 2.75) is 19.0 Å². The molecule has 9 heteroatoms. The van der Waals surface area contributed by atoms with Gasteiger partial charge in [-0.3, -0.25) is 14.9 Å². The fraction of sp³-hybridized carbons (Fsp3) is 0.267. The summed E-state index contributed by atoms with van der Waals surface area (Å²) in [6.07, 6.45) is -1.88. The maximum absolute atomic E-state index is 12.6. The van der Waals surface area contributed by atoms with Gasteiger partial charge in [-0.05, 0) is 31.0 Å². The Kier molecular flexibility index (Phi) is 4.00. The van der Waals surface area contributed by atoms with Crippen LogP contribution in [0.3, 0.4) is 0 Å². The molecule has 2 amide bonds. The summed E-state index contributed by atoms with van der Waals surface area (Å²) >= 11 is 0. The molecule has 126 valence electrons. The molecule has 0 bridgehead atoms. The first-order chi connectivity index (χ1) is 11.3. The smallest absolute Gasteiger partial charge is 0.416 e. The molecule has 1 aromatic carbocycles. The average Bonchev–Trinajstić information content (AvgIpc) is 3.27. The number of nitrogens with one attached hydrogen (secondary N) is 2. The molecule has 2 N–H and O–H groups in total. The monoisotopic (exact) mass is 339 g/mol. The number of rotatable bonds is 4. The lowest BCUT2D eigenvalue weighted by molar-refractivity contribution is -0.137. The Balaban J connectivity index is 1.67. The van der Waals surface area contributed by atoms with Crippen LogP contribution in [-0.2, 0) is 11.0 Å². The number of oxazole rings is 1. The molecule has 0 spiro atoms. The van der Waals surface area contributed by atoms with Crippen LogP contribution in [0.2, 0.25) is 0 Å². The van der Waals surface area contributed by atoms with Crippen LogP contribution in [0.15, 0.2) is 34.9 Å². The molecule has 3 rings (SSSR count). The van der Waals surface area contributed by atoms with Crippen molar-refractivity contribution in [2.24, 2.45) is 5.92 Å². The van der Waals surface area contributed by atoms with Crippen LogP contribution < -0.4 is 10.6 Å². The summed E-state index contributed by atoms with van der Waals surface area (Å²) < 4.78 is 42.9. The number of hydrogen-bond acceptors (Lipinski definition) is 4. The number of carbonyl (C=O) groups is 2. The first-order valence-corrected chi connectivity index (χ1v) is 7.08. The number of alkyl halides is 3. The molecule has 1 aliphatic rings. The Bertz CT molecular complexity index is 782. The Morgan fingerprint density at radius 1 is 1.21 bits per heavy atom. The highest BCUT2D eigenvalue weighted by Crippen LogP contribution is 2.31. The zero-order valence-electron chi connectivity index (χ0n) is 12.2. The van der Waals surface area contributed by atoms with Crippen LogP contribution in [-0.4, -0.2) is 16.8 Å². The minimum atomic E-state index is -4.51. The highest BCUT2D eigenvalue weighted by molar-refractivity contribution is 6.03. The number of nitrogens with zero attached hydrogens (tertiary/aromatic N) is 1. The summed E-state index contributed by atoms with van der Waals surface area (Å²) in [6, 6.07) is 4.09. The molecule has 1 aliphatic carbocycles. The molecule has 1 fully saturated rings. The molecule has 2 aromatic rings. The van der Waals surface area contributed by atoms with E-state index in [4.69, 9.17) is 4.42 Å². The Morgan fingerprint density at radius 3 is 2.62 bits per heavy atom. The Morgan fingerprint density at radius 2 is 1.96 bits per heavy atom. The molecule has 0 saturated heterocycles. The van der Waals surface area contributed by atoms with Gasteiger partial charge in [0.2, 0.25) is 5.91 Å². The first kappa shape index (κ1) is 16.0. The number of halogens is 3. The van der Waals surface area contributed by atoms with Crippen molar-refractivity contribution >= 4 is 23.5 Å². The van der Waals surface area contributed by atoms with E-state index in [1.54, 1.807) is 0 Å². The van der Waals surface area contributed by atoms with Gasteiger partial charge >= 0.3 is 12.2 Å². The molecule has 6 nitrogen and oxygen atoms in total. The largest absolute Gasteiger partial charge is 0.431 e. The zero-order valence-corrected chi connectivity index (χ0v) is 12.2. The van der Waals surface area contributed by atoms with Crippen molar-refractivity contribution in [1.82, 2.24) is 4.98 Å². The molecule has 0 atom stereocenters. The third-order valence-electron chi connectivity index (χ3n) is 3.36. The Labute approximate surface area is 134 Å². The van der Waals surface area contributed by atoms with Gasteiger partial charge in [-0.1, -0.05) is 6.07 Å². The van der Waals surface area contributed by atoms with Gasteiger partial charge in [0, 0.05) is 11.6 Å². The van der Waals surface area contributed by atoms with E-state index < -0.39 is 17.6 Å². The number of benzene rings is 1. The molecule has 1 heterocycles. The lowest BCUT2D eigenvalue weighted by Crippen LogP contribution is -2.15. The molecule has 0 radical (unpaired) electrons. The van der Waals surface area contributed by atoms with Crippen LogP contribution in [0, 0.1) is 5.92 Å². The maximum atomic E-state index is 12.6. The first-order valence-electron chi connectivity index (χ1n) is 7.08. The number of hydrogen-bond donors (Lipinski definition) is 2. The average molecular weight is 339 g/mol. The summed E-state index contributed by atoms with van der Waals surface area (Å²) in [7, 11) is 0. The quantitative estimate of drug-likeness (QED) is 0.895. The van der Waals surface area contributed by atoms with Crippen molar-refractivity contribution in [3.8, 4) is 0 Å². The zero-order chi connectivity index (χ0) is 17.3. The van der Waals surface area contributed by atoms with Crippen LogP contribution in [0.25, 0.3) is 0 Å². The van der Waals surface area contributed by atoms with E-state index in [1.165, 1.54) is 12.1 Å². The standard InChI is InChI=1S/C15H12F3N3O3/c16-15(17,18)9-2-1-3-10(6-9)19-13(23)11-7-24-14(20-11)21-12(22)8-4-5-8/h1-3,6-8H,4-5H2,(H,19,23)(H,20,21,22). The van der Waals surface area contributed by atoms with E-state index in [1.807, 2.05) is 0 Å². The van der Waals surface area contributed by atoms with Crippen molar-refractivity contribution < 1.29 is 27.2 Å². The van der Waals surface area contributed by atoms with Gasteiger partial charge in [0.1, 0.15) is 6.26 Å². The fourth-order valence-electron chi connectivity index (χ4n) is 1.96. The Hall–Kier alpha value is -2.84. The van der Waals surface area contributed by atoms with Crippen molar-refractivity contribution in [1.29, 1.82) is 0 Å². The molecule has 1 saturated carbocycles. The number of aromatic nitrogens is 1. The molecular formula is C15H12F3N3O3. The van der Waals surface area contributed by atoms with E-state index in [0.29, 0.717) is 0 Å². The molecular weight excluding hydrogens is 327 g/mol. The predicted octanol–water partition coefficient (Wildman–Crippen LogP) is 3.29. The molecule has 24 heavy (non-hydrogen) atoms. The molecule has 0 unspecified atom stereocenters. The van der Waals surface area contributed by atoms with Gasteiger partial charge in [0.05, 0.1) is 5.56 Å². The van der Waals surface area contributed by atoms with Crippen LogP contribution in [0.1, 0.15) is 28.9 Å². The van der Waals surface area contributed by atoms with Crippen molar-refractivity contribution in [3.63, 3.8) is 0 Å². The van der Waals surface area contributed by atoms with Gasteiger partial charge in [0.15, 0.2) is 5.69 Å². The lowest BCUT2D eigenvalue weighted by atomic mass is 10.2. The van der Waals surface area contributed by atoms with Gasteiger partial charge < -0.3 is 9.73 Å². The molecule has 0 aliphatic heterocycles. The SMILES string of the molecule is O=C(Nc1cccc(C(F)(F)F)c1)c1coc(NC(=O)C2CC2)n1. The van der Waals surface area contributed by atoms with Crippen LogP contribution in [0.4, 0.5) is 24.9 Å². The molecule has 1 aromatic heterocycles. The van der Waals surface area contributed by atoms with Crippen LogP contribution in [0.5, 0.6) is 0 Å². The summed E-state index contributed by atoms with van der Waals surface area (Å²) in [6.45, 7) is 0. The van der Waals surface area contributed by atoms with Gasteiger partial charge in [-0.25, -0.2) is 0 Å². The van der Waals surface area contributed by atoms with Crippen molar-refractivity contribution in [2.75, 3.05) is 10.6 Å². The second-order valence-electron chi connectivity index (χ2n) is 5.33. The van der Waals surface area contributed by atoms with Gasteiger partial charge in [0.25, 0.3) is 5.91 Å². The minimum absolute atomic E-state index is 0.0265. The highest BCUT2D eigenvalue weighted by Gasteiger charge is 2.31. The van der Waals surface area contributed by atoms with E-state index in [-0.39, 0.29) is 29.2 Å². The summed E-state index contributed by atoms with van der Waals surface area (Å²) in [5.41, 5.74) is -1.06. The number of amides is 2. The number of anilines is 2. The van der Waals surface area contributed by atoms with Crippen molar-refractivity contribution in [3.05, 3.63) is 41.8 Å². The third kappa shape index (κ3) is 3.73. The third-order valence-corrected chi connectivity index (χ3v) is 3.36. The van der Waals surface area contributed by atoms with Gasteiger partial charge in [-0.15, -0.1) is 0 Å². The van der Waals surface area contributed by atoms with Crippen LogP contribution >= 0.6 is 0 Å². The van der Waals surface area contributed by atoms with E-state index in [2.05, 4.69) is 15.6 Å². The van der Waals surface area contributed by atoms with Gasteiger partial charge in [-0.2, -0.15) is 18.2 Å². The van der Waals surface area contributed by atoms with E-state index in [0.717, 1.165) is 31.2 Å². The summed E-state index contributed by atoms with van der Waals surface area (Å²) in [4.78, 5) is 27.3. The van der Waals surface area contributed by atoms with E-state index >= 15 is 0 Å². The fourth-order valence-corrected chi connectivity index (χ4v) is 1.96. The predicted molar refractivity (Wildman–Crippen MR) is 77.3 cm³/mol. The van der Waals surface area contributed by atoms with E-state index in [9.17, 15) is 22.8 Å². The second-order valence-corrected chi connectivity index (χ2v) is 5.33. The minimum Gasteiger partial charge on any atom is -0.431 e. The number of carbonyl (C=O) groups excluding carboxylic acids is 2. The maximum Gasteiger partial charge on any atom is 0.416 e. The summed E-state index contributed by atoms with van der Waals surface area (Å²) in [5.74, 6) is -1.04. The normalized spacial score (nSPS) is 14.3. The topological polar surface area (TPSA) is 84.2 Å². The highest BCUT2D eigenvalue weighted by atomic mass is 19.4. The lowest BCUT2D eigenvalue weighted by Gasteiger charge is -2.09.